The maximum atomic E-state index is 11.9. The molecule has 0 aliphatic carbocycles. The SMILES string of the molecule is C#C.N#CNC(N)=Nc1cccc([N+](=O)[O-])c1.O=C(CN1CCCCCC1=O)N1CCCC1. The van der Waals surface area contributed by atoms with Gasteiger partial charge in [0.05, 0.1) is 17.2 Å². The summed E-state index contributed by atoms with van der Waals surface area (Å²) in [6.07, 6.45) is 15.6. The summed E-state index contributed by atoms with van der Waals surface area (Å²) in [6.45, 7) is 2.82. The fraction of sp³-hybridized carbons (Fsp3) is 0.455. The number of nitriles is 1. The average Bonchev–Trinajstić information content (AvgIpc) is 3.28. The normalized spacial score (nSPS) is 15.7. The molecule has 2 aliphatic rings. The quantitative estimate of drug-likeness (QED) is 0.133. The van der Waals surface area contributed by atoms with Gasteiger partial charge >= 0.3 is 0 Å². The maximum absolute atomic E-state index is 11.9. The van der Waals surface area contributed by atoms with Crippen molar-refractivity contribution in [3.63, 3.8) is 0 Å². The van der Waals surface area contributed by atoms with Gasteiger partial charge in [-0.15, -0.1) is 12.8 Å². The van der Waals surface area contributed by atoms with Crippen molar-refractivity contribution in [3.05, 3.63) is 34.4 Å². The third-order valence-corrected chi connectivity index (χ3v) is 4.93. The van der Waals surface area contributed by atoms with Crippen LogP contribution in [0.25, 0.3) is 0 Å². The standard InChI is InChI=1S/C12H20N2O2.C8H7N5O2.C2H2/c15-11-6-2-1-3-9-14(11)10-12(16)13-7-4-5-8-13;9-5-11-8(10)12-6-2-1-3-7(4-6)13(14)15;1-2/h1-10H2;1-4H,(H3,10,11,12);1-2H. The van der Waals surface area contributed by atoms with Crippen molar-refractivity contribution in [2.45, 2.75) is 38.5 Å². The van der Waals surface area contributed by atoms with Crippen LogP contribution in [0.15, 0.2) is 29.3 Å². The number of nitrogens with one attached hydrogen (secondary N) is 1. The molecule has 0 saturated carbocycles. The van der Waals surface area contributed by atoms with Crippen molar-refractivity contribution in [1.82, 2.24) is 15.1 Å². The van der Waals surface area contributed by atoms with Crippen LogP contribution in [0.3, 0.4) is 0 Å². The highest BCUT2D eigenvalue weighted by molar-refractivity contribution is 5.85. The van der Waals surface area contributed by atoms with Gasteiger partial charge in [-0.05, 0) is 31.7 Å². The number of nitro groups is 1. The van der Waals surface area contributed by atoms with Crippen LogP contribution in [0, 0.1) is 34.4 Å². The molecule has 2 aliphatic heterocycles. The van der Waals surface area contributed by atoms with Crippen molar-refractivity contribution >= 4 is 29.1 Å². The van der Waals surface area contributed by atoms with Gasteiger partial charge in [0.1, 0.15) is 0 Å². The summed E-state index contributed by atoms with van der Waals surface area (Å²) in [6, 6.07) is 5.62. The van der Waals surface area contributed by atoms with Crippen LogP contribution in [0.5, 0.6) is 0 Å². The highest BCUT2D eigenvalue weighted by atomic mass is 16.6. The Morgan fingerprint density at radius 2 is 1.88 bits per heavy atom. The molecule has 3 N–H and O–H groups in total. The minimum Gasteiger partial charge on any atom is -0.369 e. The number of amides is 2. The smallest absolute Gasteiger partial charge is 0.271 e. The van der Waals surface area contributed by atoms with Gasteiger partial charge in [-0.1, -0.05) is 12.5 Å². The van der Waals surface area contributed by atoms with Crippen molar-refractivity contribution in [2.75, 3.05) is 26.2 Å². The molecule has 33 heavy (non-hydrogen) atoms. The number of terminal acetylenes is 1. The molecule has 2 heterocycles. The first kappa shape index (κ1) is 26.9. The molecule has 11 heteroatoms. The molecule has 0 atom stereocenters. The number of hydrogen-bond donors (Lipinski definition) is 2. The summed E-state index contributed by atoms with van der Waals surface area (Å²) in [4.78, 5) is 40.9. The van der Waals surface area contributed by atoms with E-state index < -0.39 is 4.92 Å². The van der Waals surface area contributed by atoms with Gasteiger partial charge in [-0.2, -0.15) is 5.26 Å². The van der Waals surface area contributed by atoms with Gasteiger partial charge in [-0.25, -0.2) is 4.99 Å². The van der Waals surface area contributed by atoms with Gasteiger partial charge in [0.25, 0.3) is 5.69 Å². The number of nitrogens with two attached hydrogens (primary N) is 1. The number of rotatable bonds is 4. The van der Waals surface area contributed by atoms with E-state index in [1.54, 1.807) is 17.2 Å². The lowest BCUT2D eigenvalue weighted by Gasteiger charge is -2.23. The topological polar surface area (TPSA) is 158 Å². The molecule has 2 saturated heterocycles. The number of carbonyl (C=O) groups is 2. The van der Waals surface area contributed by atoms with Gasteiger partial charge in [0.2, 0.25) is 17.8 Å². The first-order chi connectivity index (χ1) is 15.9. The lowest BCUT2D eigenvalue weighted by Crippen LogP contribution is -2.41. The van der Waals surface area contributed by atoms with E-state index in [0.29, 0.717) is 18.7 Å². The lowest BCUT2D eigenvalue weighted by molar-refractivity contribution is -0.384. The minimum atomic E-state index is -0.535. The van der Waals surface area contributed by atoms with E-state index in [-0.39, 0.29) is 23.5 Å². The molecule has 0 aromatic heterocycles. The van der Waals surface area contributed by atoms with Crippen molar-refractivity contribution < 1.29 is 14.5 Å². The minimum absolute atomic E-state index is 0.0824. The monoisotopic (exact) mass is 455 g/mol. The van der Waals surface area contributed by atoms with E-state index in [1.165, 1.54) is 18.2 Å². The number of carbonyl (C=O) groups excluding carboxylic acids is 2. The molecule has 0 radical (unpaired) electrons. The Balaban J connectivity index is 0.000000308. The fourth-order valence-electron chi connectivity index (χ4n) is 3.34. The van der Waals surface area contributed by atoms with Gasteiger partial charge in [0.15, 0.2) is 6.19 Å². The number of benzene rings is 1. The molecule has 1 aromatic carbocycles. The van der Waals surface area contributed by atoms with Crippen molar-refractivity contribution in [2.24, 2.45) is 10.7 Å². The summed E-state index contributed by atoms with van der Waals surface area (Å²) >= 11 is 0. The number of nitrogens with zero attached hydrogens (tertiary/aromatic N) is 5. The number of likely N-dealkylation sites (tertiary alicyclic amines) is 2. The fourth-order valence-corrected chi connectivity index (χ4v) is 3.34. The van der Waals surface area contributed by atoms with Gasteiger partial charge in [-0.3, -0.25) is 25.0 Å². The second kappa shape index (κ2) is 14.8. The Hall–Kier alpha value is -4.12. The molecule has 1 aromatic rings. The molecule has 0 bridgehead atoms. The molecular formula is C22H29N7O4. The van der Waals surface area contributed by atoms with Crippen LogP contribution < -0.4 is 11.1 Å². The molecule has 2 fully saturated rings. The summed E-state index contributed by atoms with van der Waals surface area (Å²) in [7, 11) is 0. The highest BCUT2D eigenvalue weighted by Crippen LogP contribution is 2.19. The van der Waals surface area contributed by atoms with Crippen LogP contribution in [0.2, 0.25) is 0 Å². The van der Waals surface area contributed by atoms with E-state index >= 15 is 0 Å². The number of non-ortho nitro benzene ring substituents is 1. The summed E-state index contributed by atoms with van der Waals surface area (Å²) < 4.78 is 0. The molecule has 0 spiro atoms. The molecular weight excluding hydrogens is 426 g/mol. The Kier molecular flexibility index (Phi) is 12.1. The number of guanidine groups is 1. The summed E-state index contributed by atoms with van der Waals surface area (Å²) in [5, 5.41) is 20.8. The summed E-state index contributed by atoms with van der Waals surface area (Å²) in [5.74, 6) is 0.177. The Bertz CT molecular complexity index is 901. The first-order valence-corrected chi connectivity index (χ1v) is 10.5. The molecule has 2 amide bonds. The van der Waals surface area contributed by atoms with E-state index in [1.807, 2.05) is 4.90 Å². The number of nitro benzene ring substituents is 1. The highest BCUT2D eigenvalue weighted by Gasteiger charge is 2.23. The largest absolute Gasteiger partial charge is 0.369 e. The van der Waals surface area contributed by atoms with E-state index in [2.05, 4.69) is 23.2 Å². The van der Waals surface area contributed by atoms with E-state index in [9.17, 15) is 19.7 Å². The maximum Gasteiger partial charge on any atom is 0.271 e. The number of hydrogen-bond acceptors (Lipinski definition) is 6. The third kappa shape index (κ3) is 9.70. The van der Waals surface area contributed by atoms with Crippen molar-refractivity contribution in [1.29, 1.82) is 5.26 Å². The molecule has 11 nitrogen and oxygen atoms in total. The average molecular weight is 456 g/mol. The van der Waals surface area contributed by atoms with Crippen LogP contribution in [0.1, 0.15) is 38.5 Å². The van der Waals surface area contributed by atoms with Crippen LogP contribution in [-0.4, -0.2) is 58.7 Å². The van der Waals surface area contributed by atoms with Gasteiger partial charge < -0.3 is 15.5 Å². The van der Waals surface area contributed by atoms with Gasteiger partial charge in [0, 0.05) is 38.2 Å². The second-order valence-corrected chi connectivity index (χ2v) is 7.22. The van der Waals surface area contributed by atoms with Crippen molar-refractivity contribution in [3.8, 4) is 19.0 Å². The summed E-state index contributed by atoms with van der Waals surface area (Å²) in [5.41, 5.74) is 5.52. The molecule has 0 unspecified atom stereocenters. The Morgan fingerprint density at radius 3 is 2.52 bits per heavy atom. The predicted octanol–water partition coefficient (Wildman–Crippen LogP) is 1.87. The zero-order valence-corrected chi connectivity index (χ0v) is 18.5. The second-order valence-electron chi connectivity index (χ2n) is 7.22. The van der Waals surface area contributed by atoms with Crippen LogP contribution in [-0.2, 0) is 9.59 Å². The third-order valence-electron chi connectivity index (χ3n) is 4.93. The lowest BCUT2D eigenvalue weighted by atomic mass is 10.2. The van der Waals surface area contributed by atoms with Crippen LogP contribution in [0.4, 0.5) is 11.4 Å². The Morgan fingerprint density at radius 1 is 1.21 bits per heavy atom. The molecule has 3 rings (SSSR count). The van der Waals surface area contributed by atoms with Crippen LogP contribution >= 0.6 is 0 Å². The number of aliphatic imine (C=N–C) groups is 1. The van der Waals surface area contributed by atoms with E-state index in [0.717, 1.165) is 51.7 Å². The molecule has 176 valence electrons. The zero-order chi connectivity index (χ0) is 24.6. The Labute approximate surface area is 193 Å². The zero-order valence-electron chi connectivity index (χ0n) is 18.5. The predicted molar refractivity (Wildman–Crippen MR) is 124 cm³/mol. The first-order valence-electron chi connectivity index (χ1n) is 10.5. The van der Waals surface area contributed by atoms with E-state index in [4.69, 9.17) is 11.0 Å².